The first-order valence-electron chi connectivity index (χ1n) is 17.1. The number of H-pyrrole nitrogens is 1. The molecule has 3 amide bonds. The van der Waals surface area contributed by atoms with Crippen LogP contribution in [0.2, 0.25) is 0 Å². The maximum atomic E-state index is 14.0. The number of hydrogen-bond acceptors (Lipinski definition) is 10. The average molecular weight is 665 g/mol. The Morgan fingerprint density at radius 3 is 2.29 bits per heavy atom. The number of nitrogens with zero attached hydrogens (tertiary/aromatic N) is 5. The lowest BCUT2D eigenvalue weighted by atomic mass is 9.81. The summed E-state index contributed by atoms with van der Waals surface area (Å²) in [5, 5.41) is 20.5. The summed E-state index contributed by atoms with van der Waals surface area (Å²) in [5.74, 6) is -0.330. The Hall–Kier alpha value is -4.85. The molecule has 0 radical (unpaired) electrons. The zero-order valence-electron chi connectivity index (χ0n) is 27.8. The van der Waals surface area contributed by atoms with Crippen LogP contribution in [0.15, 0.2) is 60.8 Å². The van der Waals surface area contributed by atoms with Gasteiger partial charge in [-0.05, 0) is 130 Å². The predicted octanol–water partition coefficient (Wildman–Crippen LogP) is 2.91. The smallest absolute Gasteiger partial charge is 0.270 e. The quantitative estimate of drug-likeness (QED) is 0.168. The number of pyridine rings is 1. The van der Waals surface area contributed by atoms with Crippen molar-refractivity contribution in [3.05, 3.63) is 77.6 Å². The first-order valence-corrected chi connectivity index (χ1v) is 17.1. The number of nitrogens with one attached hydrogen (secondary N) is 3. The number of aromatic amines is 1. The molecule has 49 heavy (non-hydrogen) atoms. The molecule has 13 heteroatoms. The molecular weight excluding hydrogens is 620 g/mol. The molecule has 3 heterocycles. The molecule has 1 saturated carbocycles. The van der Waals surface area contributed by atoms with Gasteiger partial charge >= 0.3 is 0 Å². The van der Waals surface area contributed by atoms with Crippen molar-refractivity contribution in [2.24, 2.45) is 23.3 Å². The number of nitrogens with two attached hydrogens (primary N) is 2. The zero-order chi connectivity index (χ0) is 34.3. The Balaban J connectivity index is 1.15. The first kappa shape index (κ1) is 34.0. The molecule has 0 spiro atoms. The summed E-state index contributed by atoms with van der Waals surface area (Å²) in [5.41, 5.74) is 17.6. The van der Waals surface area contributed by atoms with Gasteiger partial charge in [0.2, 0.25) is 11.7 Å². The zero-order valence-corrected chi connectivity index (χ0v) is 27.8. The lowest BCUT2D eigenvalue weighted by Gasteiger charge is -2.32. The number of rotatable bonds is 10. The largest absolute Gasteiger partial charge is 0.348 e. The second-order valence-electron chi connectivity index (χ2n) is 13.1. The standard InChI is InChI=1S/C36H44N10O3/c1-22-18-32(34(47)41-28-14-16-39-17-15-28)40-21-30(22)25-6-2-23(3-7-25)19-31(38)36(49)46(35(48)27-8-4-24(20-37)5-9-27)29-12-10-26(11-13-29)33-42-44-45-43-33/h2-3,6-7,10-13,18,21,24,27-28,31,39H,4-5,8-9,14-17,19-20,37-38H2,1H3,(H,41,47)(H,42,43,44,45)/t24?,27?,31-/m0/s1. The summed E-state index contributed by atoms with van der Waals surface area (Å²) in [6.45, 7) is 4.36. The van der Waals surface area contributed by atoms with Crippen LogP contribution in [0, 0.1) is 18.8 Å². The number of anilines is 1. The SMILES string of the molecule is Cc1cc(C(=O)NC2CCNCC2)ncc1-c1ccc(C[C@H](N)C(=O)N(C(=O)C2CCC(CN)CC2)c2ccc(-c3nn[nH]n3)cc2)cc1. The van der Waals surface area contributed by atoms with Crippen LogP contribution in [0.3, 0.4) is 0 Å². The Morgan fingerprint density at radius 1 is 0.959 bits per heavy atom. The van der Waals surface area contributed by atoms with E-state index in [0.717, 1.165) is 61.0 Å². The van der Waals surface area contributed by atoms with E-state index in [9.17, 15) is 14.4 Å². The lowest BCUT2D eigenvalue weighted by molar-refractivity contribution is -0.130. The van der Waals surface area contributed by atoms with Crippen molar-refractivity contribution in [3.8, 4) is 22.5 Å². The van der Waals surface area contributed by atoms with E-state index in [-0.39, 0.29) is 30.2 Å². The third-order valence-electron chi connectivity index (χ3n) is 9.75. The molecule has 0 unspecified atom stereocenters. The third-order valence-corrected chi connectivity index (χ3v) is 9.75. The molecule has 2 aromatic carbocycles. The molecule has 256 valence electrons. The van der Waals surface area contributed by atoms with Gasteiger partial charge in [0, 0.05) is 29.3 Å². The summed E-state index contributed by atoms with van der Waals surface area (Å²) in [7, 11) is 0. The summed E-state index contributed by atoms with van der Waals surface area (Å²) in [6.07, 6.45) is 6.86. The van der Waals surface area contributed by atoms with Crippen LogP contribution in [-0.4, -0.2) is 75.0 Å². The monoisotopic (exact) mass is 664 g/mol. The number of aryl methyl sites for hydroxylation is 1. The predicted molar refractivity (Wildman–Crippen MR) is 186 cm³/mol. The van der Waals surface area contributed by atoms with Crippen molar-refractivity contribution in [3.63, 3.8) is 0 Å². The van der Waals surface area contributed by atoms with E-state index in [1.165, 1.54) is 4.90 Å². The van der Waals surface area contributed by atoms with Gasteiger partial charge in [-0.25, -0.2) is 4.90 Å². The molecule has 1 aliphatic heterocycles. The second kappa shape index (κ2) is 15.6. The van der Waals surface area contributed by atoms with E-state index in [2.05, 4.69) is 36.2 Å². The van der Waals surface area contributed by atoms with Crippen LogP contribution in [0.5, 0.6) is 0 Å². The van der Waals surface area contributed by atoms with Gasteiger partial charge in [-0.3, -0.25) is 19.4 Å². The number of carbonyl (C=O) groups excluding carboxylic acids is 3. The van der Waals surface area contributed by atoms with Crippen molar-refractivity contribution < 1.29 is 14.4 Å². The van der Waals surface area contributed by atoms with Gasteiger partial charge in [-0.2, -0.15) is 5.21 Å². The maximum absolute atomic E-state index is 14.0. The van der Waals surface area contributed by atoms with Crippen molar-refractivity contribution in [2.45, 2.75) is 64.0 Å². The number of benzene rings is 2. The number of carbonyl (C=O) groups is 3. The van der Waals surface area contributed by atoms with E-state index in [1.807, 2.05) is 37.3 Å². The van der Waals surface area contributed by atoms with E-state index in [4.69, 9.17) is 11.5 Å². The highest BCUT2D eigenvalue weighted by molar-refractivity contribution is 6.17. The first-order chi connectivity index (χ1) is 23.8. The average Bonchev–Trinajstić information content (AvgIpc) is 3.68. The van der Waals surface area contributed by atoms with Crippen molar-refractivity contribution in [1.29, 1.82) is 0 Å². The molecule has 13 nitrogen and oxygen atoms in total. The maximum Gasteiger partial charge on any atom is 0.270 e. The summed E-state index contributed by atoms with van der Waals surface area (Å²) >= 11 is 0. The van der Waals surface area contributed by atoms with Crippen LogP contribution in [0.4, 0.5) is 5.69 Å². The number of aromatic nitrogens is 5. The lowest BCUT2D eigenvalue weighted by Crippen LogP contribution is -2.50. The molecule has 0 bridgehead atoms. The van der Waals surface area contributed by atoms with Crippen LogP contribution in [0.1, 0.15) is 60.1 Å². The summed E-state index contributed by atoms with van der Waals surface area (Å²) < 4.78 is 0. The molecule has 1 atom stereocenters. The Kier molecular flexibility index (Phi) is 10.8. The number of tetrazole rings is 1. The molecule has 7 N–H and O–H groups in total. The minimum Gasteiger partial charge on any atom is -0.348 e. The van der Waals surface area contributed by atoms with Crippen molar-refractivity contribution >= 4 is 23.4 Å². The van der Waals surface area contributed by atoms with Gasteiger partial charge in [0.25, 0.3) is 11.8 Å². The molecule has 2 aromatic heterocycles. The molecule has 1 saturated heterocycles. The van der Waals surface area contributed by atoms with Gasteiger partial charge in [0.1, 0.15) is 5.69 Å². The van der Waals surface area contributed by atoms with Crippen molar-refractivity contribution in [1.82, 2.24) is 36.2 Å². The van der Waals surface area contributed by atoms with Crippen LogP contribution in [-0.2, 0) is 16.0 Å². The minimum absolute atomic E-state index is 0.158. The van der Waals surface area contributed by atoms with Crippen LogP contribution >= 0.6 is 0 Å². The number of imide groups is 1. The van der Waals surface area contributed by atoms with E-state index < -0.39 is 11.9 Å². The Bertz CT molecular complexity index is 1730. The van der Waals surface area contributed by atoms with Gasteiger partial charge < -0.3 is 22.1 Å². The molecule has 2 aliphatic rings. The fraction of sp³-hybridized carbons (Fsp3) is 0.417. The molecular formula is C36H44N10O3. The number of amides is 3. The molecule has 4 aromatic rings. The minimum atomic E-state index is -0.951. The third kappa shape index (κ3) is 8.07. The van der Waals surface area contributed by atoms with Crippen LogP contribution < -0.4 is 27.0 Å². The normalized spacial score (nSPS) is 18.8. The Morgan fingerprint density at radius 2 is 1.65 bits per heavy atom. The van der Waals surface area contributed by atoms with E-state index in [1.54, 1.807) is 30.5 Å². The molecule has 6 rings (SSSR count). The number of hydrogen-bond donors (Lipinski definition) is 5. The Labute approximate surface area is 285 Å². The fourth-order valence-electron chi connectivity index (χ4n) is 6.77. The summed E-state index contributed by atoms with van der Waals surface area (Å²) in [4.78, 5) is 46.5. The fourth-order valence-corrected chi connectivity index (χ4v) is 6.77. The highest BCUT2D eigenvalue weighted by Crippen LogP contribution is 2.32. The second-order valence-corrected chi connectivity index (χ2v) is 13.1. The van der Waals surface area contributed by atoms with E-state index >= 15 is 0 Å². The highest BCUT2D eigenvalue weighted by atomic mass is 16.2. The van der Waals surface area contributed by atoms with E-state index in [0.29, 0.717) is 48.1 Å². The van der Waals surface area contributed by atoms with Crippen molar-refractivity contribution in [2.75, 3.05) is 24.5 Å². The van der Waals surface area contributed by atoms with Gasteiger partial charge in [0.05, 0.1) is 11.7 Å². The van der Waals surface area contributed by atoms with Gasteiger partial charge in [-0.15, -0.1) is 10.2 Å². The summed E-state index contributed by atoms with van der Waals surface area (Å²) in [6, 6.07) is 15.7. The van der Waals surface area contributed by atoms with Gasteiger partial charge in [-0.1, -0.05) is 24.3 Å². The topological polar surface area (TPSA) is 198 Å². The number of piperidine rings is 1. The van der Waals surface area contributed by atoms with Gasteiger partial charge in [0.15, 0.2) is 0 Å². The molecule has 1 aliphatic carbocycles. The highest BCUT2D eigenvalue weighted by Gasteiger charge is 2.35. The van der Waals surface area contributed by atoms with Crippen LogP contribution in [0.25, 0.3) is 22.5 Å². The molecule has 2 fully saturated rings.